The molecule has 7 heteroatoms. The normalized spacial score (nSPS) is 11.0. The number of hydrogen-bond donors (Lipinski definition) is 1. The van der Waals surface area contributed by atoms with Gasteiger partial charge in [-0.1, -0.05) is 0 Å². The second-order valence-electron chi connectivity index (χ2n) is 6.41. The van der Waals surface area contributed by atoms with Crippen molar-refractivity contribution >= 4 is 33.4 Å². The lowest BCUT2D eigenvalue weighted by Crippen LogP contribution is -2.20. The molecule has 2 heterocycles. The van der Waals surface area contributed by atoms with Crippen LogP contribution < -0.4 is 21.3 Å². The molecule has 7 nitrogen and oxygen atoms in total. The molecule has 1 N–H and O–H groups in total. The van der Waals surface area contributed by atoms with E-state index in [0.29, 0.717) is 22.1 Å². The van der Waals surface area contributed by atoms with Gasteiger partial charge in [-0.3, -0.25) is 4.79 Å². The number of ketones is 1. The Kier molecular flexibility index (Phi) is 4.64. The second kappa shape index (κ2) is 7.27. The van der Waals surface area contributed by atoms with Crippen molar-refractivity contribution in [1.82, 2.24) is 0 Å². The van der Waals surface area contributed by atoms with Gasteiger partial charge in [-0.05, 0) is 43.3 Å². The van der Waals surface area contributed by atoms with Crippen molar-refractivity contribution in [3.63, 3.8) is 0 Å². The van der Waals surface area contributed by atoms with Gasteiger partial charge in [0.25, 0.3) is 0 Å². The molecule has 2 aromatic heterocycles. The zero-order valence-electron chi connectivity index (χ0n) is 15.8. The fraction of sp³-hybridized carbons (Fsp3) is 0.136. The van der Waals surface area contributed by atoms with E-state index in [1.807, 2.05) is 13.0 Å². The maximum absolute atomic E-state index is 12.9. The number of nitrogens with one attached hydrogen (secondary N) is 1. The van der Waals surface area contributed by atoms with Crippen LogP contribution in [0.3, 0.4) is 0 Å². The molecule has 0 unspecified atom stereocenters. The molecule has 146 valence electrons. The highest BCUT2D eigenvalue weighted by Crippen LogP contribution is 2.22. The second-order valence-corrected chi connectivity index (χ2v) is 6.41. The van der Waals surface area contributed by atoms with Crippen molar-refractivity contribution in [3.05, 3.63) is 80.5 Å². The quantitative estimate of drug-likeness (QED) is 0.410. The van der Waals surface area contributed by atoms with E-state index in [9.17, 15) is 14.4 Å². The number of benzene rings is 2. The molecule has 4 aromatic rings. The van der Waals surface area contributed by atoms with Gasteiger partial charge in [0, 0.05) is 35.1 Å². The molecule has 0 atom stereocenters. The Balaban J connectivity index is 1.81. The van der Waals surface area contributed by atoms with Crippen LogP contribution in [0, 0.1) is 0 Å². The monoisotopic (exact) mass is 391 g/mol. The molecule has 0 aliphatic rings. The lowest BCUT2D eigenvalue weighted by atomic mass is 10.0. The van der Waals surface area contributed by atoms with Crippen LogP contribution in [0.4, 0.5) is 5.69 Å². The summed E-state index contributed by atoms with van der Waals surface area (Å²) < 4.78 is 15.7. The molecule has 0 saturated carbocycles. The zero-order chi connectivity index (χ0) is 20.5. The first-order valence-corrected chi connectivity index (χ1v) is 8.98. The smallest absolute Gasteiger partial charge is 0.347 e. The molecule has 2 aromatic carbocycles. The van der Waals surface area contributed by atoms with E-state index >= 15 is 0 Å². The molecule has 0 fully saturated rings. The Bertz CT molecular complexity index is 1370. The largest absolute Gasteiger partial charge is 0.497 e. The maximum atomic E-state index is 12.9. The first-order chi connectivity index (χ1) is 14.0. The lowest BCUT2D eigenvalue weighted by Gasteiger charge is -2.06. The van der Waals surface area contributed by atoms with Crippen LogP contribution in [-0.2, 0) is 0 Å². The number of carbonyl (C=O) groups excluding carboxylic acids is 1. The fourth-order valence-corrected chi connectivity index (χ4v) is 3.11. The van der Waals surface area contributed by atoms with Gasteiger partial charge in [0.2, 0.25) is 5.78 Å². The van der Waals surface area contributed by atoms with Crippen molar-refractivity contribution in [3.8, 4) is 5.75 Å². The Morgan fingerprint density at radius 1 is 0.897 bits per heavy atom. The number of fused-ring (bicyclic) bond motifs is 2. The molecule has 0 amide bonds. The minimum atomic E-state index is -0.835. The molecule has 0 aliphatic carbocycles. The zero-order valence-corrected chi connectivity index (χ0v) is 15.8. The average molecular weight is 391 g/mol. The third-order valence-corrected chi connectivity index (χ3v) is 4.55. The van der Waals surface area contributed by atoms with Crippen LogP contribution in [0.1, 0.15) is 22.8 Å². The molecule has 0 bridgehead atoms. The van der Waals surface area contributed by atoms with E-state index in [1.165, 1.54) is 19.2 Å². The molecule has 0 aliphatic heterocycles. The predicted molar refractivity (Wildman–Crippen MR) is 109 cm³/mol. The molecule has 4 rings (SSSR count). The van der Waals surface area contributed by atoms with Gasteiger partial charge in [0.15, 0.2) is 0 Å². The fourth-order valence-electron chi connectivity index (χ4n) is 3.11. The van der Waals surface area contributed by atoms with Crippen LogP contribution in [0.15, 0.2) is 67.0 Å². The van der Waals surface area contributed by atoms with Crippen LogP contribution in [-0.4, -0.2) is 19.4 Å². The number of methoxy groups -OCH3 is 1. The van der Waals surface area contributed by atoms with Crippen LogP contribution >= 0.6 is 0 Å². The van der Waals surface area contributed by atoms with E-state index in [4.69, 9.17) is 13.6 Å². The Morgan fingerprint density at radius 3 is 2.07 bits per heavy atom. The van der Waals surface area contributed by atoms with Gasteiger partial charge < -0.3 is 18.9 Å². The summed E-state index contributed by atoms with van der Waals surface area (Å²) in [5, 5.41) is 4.23. The van der Waals surface area contributed by atoms with Crippen molar-refractivity contribution in [2.45, 2.75) is 6.92 Å². The van der Waals surface area contributed by atoms with Gasteiger partial charge in [-0.15, -0.1) is 0 Å². The number of anilines is 1. The number of ether oxygens (including phenoxy) is 1. The maximum Gasteiger partial charge on any atom is 0.347 e. The van der Waals surface area contributed by atoms with Crippen LogP contribution in [0.2, 0.25) is 0 Å². The minimum Gasteiger partial charge on any atom is -0.497 e. The van der Waals surface area contributed by atoms with Crippen molar-refractivity contribution in [2.75, 3.05) is 19.0 Å². The summed E-state index contributed by atoms with van der Waals surface area (Å²) in [4.78, 5) is 37.7. The average Bonchev–Trinajstić information content (AvgIpc) is 2.72. The van der Waals surface area contributed by atoms with Gasteiger partial charge >= 0.3 is 11.3 Å². The minimum absolute atomic E-state index is 0.228. The van der Waals surface area contributed by atoms with Crippen LogP contribution in [0.25, 0.3) is 21.9 Å². The van der Waals surface area contributed by atoms with Crippen molar-refractivity contribution < 1.29 is 18.4 Å². The third kappa shape index (κ3) is 3.38. The molecular formula is C22H17NO6. The highest BCUT2D eigenvalue weighted by molar-refractivity contribution is 6.10. The lowest BCUT2D eigenvalue weighted by molar-refractivity contribution is 0.103. The van der Waals surface area contributed by atoms with Crippen LogP contribution in [0.5, 0.6) is 5.75 Å². The van der Waals surface area contributed by atoms with E-state index < -0.39 is 17.0 Å². The Morgan fingerprint density at radius 2 is 1.48 bits per heavy atom. The van der Waals surface area contributed by atoms with E-state index in [-0.39, 0.29) is 16.7 Å². The summed E-state index contributed by atoms with van der Waals surface area (Å²) in [6.45, 7) is 2.67. The molecule has 0 saturated heterocycles. The SMILES string of the molecule is CCNc1ccc2cc(C(=O)c3cc4ccc(OC)cc4oc3=O)c(=O)oc2c1. The van der Waals surface area contributed by atoms with Gasteiger partial charge in [0.05, 0.1) is 7.11 Å². The highest BCUT2D eigenvalue weighted by Gasteiger charge is 2.21. The summed E-state index contributed by atoms with van der Waals surface area (Å²) in [5.74, 6) is -0.227. The first-order valence-electron chi connectivity index (χ1n) is 8.98. The third-order valence-electron chi connectivity index (χ3n) is 4.55. The molecule has 0 radical (unpaired) electrons. The summed E-state index contributed by atoms with van der Waals surface area (Å²) >= 11 is 0. The van der Waals surface area contributed by atoms with E-state index in [1.54, 1.807) is 30.3 Å². The van der Waals surface area contributed by atoms with Gasteiger partial charge in [-0.2, -0.15) is 0 Å². The summed E-state index contributed by atoms with van der Waals surface area (Å²) in [6, 6.07) is 13.0. The summed E-state index contributed by atoms with van der Waals surface area (Å²) in [6.07, 6.45) is 0. The van der Waals surface area contributed by atoms with Gasteiger partial charge in [0.1, 0.15) is 28.0 Å². The molecule has 29 heavy (non-hydrogen) atoms. The number of hydrogen-bond acceptors (Lipinski definition) is 7. The van der Waals surface area contributed by atoms with E-state index in [0.717, 1.165) is 12.2 Å². The molecule has 0 spiro atoms. The Hall–Kier alpha value is -3.87. The first kappa shape index (κ1) is 18.5. The predicted octanol–water partition coefficient (Wildman–Crippen LogP) is 3.57. The van der Waals surface area contributed by atoms with E-state index in [2.05, 4.69) is 5.32 Å². The number of rotatable bonds is 5. The van der Waals surface area contributed by atoms with Gasteiger partial charge in [-0.25, -0.2) is 9.59 Å². The highest BCUT2D eigenvalue weighted by atomic mass is 16.5. The van der Waals surface area contributed by atoms with Crippen molar-refractivity contribution in [2.24, 2.45) is 0 Å². The topological polar surface area (TPSA) is 98.7 Å². The summed E-state index contributed by atoms with van der Waals surface area (Å²) in [7, 11) is 1.50. The molecular weight excluding hydrogens is 374 g/mol. The van der Waals surface area contributed by atoms with Crippen molar-refractivity contribution in [1.29, 1.82) is 0 Å². The number of carbonyl (C=O) groups is 1. The standard InChI is InChI=1S/C22H17NO6/c1-3-23-14-6-4-12-8-16(21(25)28-18(12)10-14)20(24)17-9-13-5-7-15(27-2)11-19(13)29-22(17)26/h4-11,23H,3H2,1-2H3. The Labute approximate surface area is 164 Å². The summed E-state index contributed by atoms with van der Waals surface area (Å²) in [5.41, 5.74) is -0.682.